The molecule has 1 aromatic carbocycles. The number of nitrogens with zero attached hydrogens (tertiary/aromatic N) is 4. The summed E-state index contributed by atoms with van der Waals surface area (Å²) in [6.07, 6.45) is 3.18. The van der Waals surface area contributed by atoms with Gasteiger partial charge in [0.15, 0.2) is 0 Å². The number of rotatable bonds is 6. The number of nitrogens with one attached hydrogen (secondary N) is 1. The molecule has 1 unspecified atom stereocenters. The molecule has 0 bridgehead atoms. The van der Waals surface area contributed by atoms with Crippen molar-refractivity contribution < 1.29 is 14.7 Å². The number of hydrogen-bond acceptors (Lipinski definition) is 5. The molecule has 1 aromatic heterocycles. The molecule has 27 heavy (non-hydrogen) atoms. The highest BCUT2D eigenvalue weighted by molar-refractivity contribution is 5.74. The Morgan fingerprint density at radius 1 is 1.26 bits per heavy atom. The first-order chi connectivity index (χ1) is 12.9. The van der Waals surface area contributed by atoms with Gasteiger partial charge in [-0.15, -0.1) is 0 Å². The maximum Gasteiger partial charge on any atom is 0.317 e. The molecule has 1 heterocycles. The van der Waals surface area contributed by atoms with Crippen LogP contribution in [0.4, 0.5) is 4.79 Å². The number of carbonyl (C=O) groups excluding carboxylic acids is 1. The summed E-state index contributed by atoms with van der Waals surface area (Å²) in [5.74, 6) is 0. The van der Waals surface area contributed by atoms with E-state index in [1.54, 1.807) is 18.1 Å². The lowest BCUT2D eigenvalue weighted by molar-refractivity contribution is -0.122. The molecule has 0 saturated heterocycles. The van der Waals surface area contributed by atoms with E-state index in [1.165, 1.54) is 11.9 Å². The first kappa shape index (κ1) is 22.0. The third kappa shape index (κ3) is 7.83. The molecule has 0 aliphatic heterocycles. The zero-order valence-electron chi connectivity index (χ0n) is 16.2. The Labute approximate surface area is 159 Å². The van der Waals surface area contributed by atoms with E-state index in [2.05, 4.69) is 32.3 Å². The van der Waals surface area contributed by atoms with Gasteiger partial charge in [0.05, 0.1) is 11.7 Å². The van der Waals surface area contributed by atoms with Crippen LogP contribution in [0, 0.1) is 0 Å². The molecule has 0 aliphatic carbocycles. The van der Waals surface area contributed by atoms with Crippen molar-refractivity contribution in [1.29, 1.82) is 0 Å². The summed E-state index contributed by atoms with van der Waals surface area (Å²) >= 11 is 0. The van der Waals surface area contributed by atoms with Crippen molar-refractivity contribution in [3.63, 3.8) is 0 Å². The number of amides is 2. The van der Waals surface area contributed by atoms with Gasteiger partial charge in [-0.3, -0.25) is 4.79 Å². The number of aromatic nitrogens is 2. The van der Waals surface area contributed by atoms with Crippen LogP contribution in [-0.4, -0.2) is 58.5 Å². The van der Waals surface area contributed by atoms with E-state index >= 15 is 0 Å². The summed E-state index contributed by atoms with van der Waals surface area (Å²) in [5, 5.41) is 9.85. The molecule has 0 saturated carbocycles. The molecule has 0 radical (unpaired) electrons. The third-order valence-corrected chi connectivity index (χ3v) is 3.87. The number of benzene rings is 1. The van der Waals surface area contributed by atoms with Crippen molar-refractivity contribution in [2.24, 2.45) is 0 Å². The van der Waals surface area contributed by atoms with Gasteiger partial charge >= 0.3 is 6.03 Å². The second kappa shape index (κ2) is 11.6. The van der Waals surface area contributed by atoms with Crippen molar-refractivity contribution in [3.05, 3.63) is 59.7 Å². The van der Waals surface area contributed by atoms with E-state index in [4.69, 9.17) is 9.90 Å². The van der Waals surface area contributed by atoms with Crippen LogP contribution in [0.1, 0.15) is 29.8 Å². The molecular formula is C19H27N5O3. The van der Waals surface area contributed by atoms with Gasteiger partial charge in [-0.05, 0) is 38.2 Å². The monoisotopic (exact) mass is 373 g/mol. The number of carboxylic acid groups (broad SMARTS) is 1. The van der Waals surface area contributed by atoms with Crippen LogP contribution >= 0.6 is 0 Å². The zero-order chi connectivity index (χ0) is 20.2. The molecule has 146 valence electrons. The average Bonchev–Trinajstić information content (AvgIpc) is 2.66. The van der Waals surface area contributed by atoms with E-state index in [0.29, 0.717) is 6.54 Å². The molecule has 8 nitrogen and oxygen atoms in total. The Morgan fingerprint density at radius 2 is 1.93 bits per heavy atom. The van der Waals surface area contributed by atoms with Gasteiger partial charge in [-0.25, -0.2) is 14.8 Å². The standard InChI is InChI=1S/C18H25N5O.CH2O2/c1-14(17-8-9-19-13-21-17)23(4)18(24)20-11-15-6-5-7-16(10-15)12-22(2)3;2-1-3/h5-10,13-14H,11-12H2,1-4H3,(H,20,24);1H,(H,2,3). The van der Waals surface area contributed by atoms with E-state index in [-0.39, 0.29) is 18.5 Å². The molecule has 0 aliphatic rings. The molecule has 8 heteroatoms. The fourth-order valence-electron chi connectivity index (χ4n) is 2.43. The Hall–Kier alpha value is -3.00. The predicted octanol–water partition coefficient (Wildman–Crippen LogP) is 2.14. The first-order valence-electron chi connectivity index (χ1n) is 8.46. The lowest BCUT2D eigenvalue weighted by Crippen LogP contribution is -2.38. The second-order valence-electron chi connectivity index (χ2n) is 6.24. The molecule has 2 rings (SSSR count). The highest BCUT2D eigenvalue weighted by Gasteiger charge is 2.17. The van der Waals surface area contributed by atoms with Gasteiger partial charge in [0.25, 0.3) is 6.47 Å². The highest BCUT2D eigenvalue weighted by Crippen LogP contribution is 2.15. The Morgan fingerprint density at radius 3 is 2.52 bits per heavy atom. The molecule has 0 fully saturated rings. The number of carbonyl (C=O) groups is 2. The summed E-state index contributed by atoms with van der Waals surface area (Å²) in [7, 11) is 5.85. The predicted molar refractivity (Wildman–Crippen MR) is 103 cm³/mol. The molecular weight excluding hydrogens is 346 g/mol. The van der Waals surface area contributed by atoms with Gasteiger partial charge in [0.2, 0.25) is 0 Å². The highest BCUT2D eigenvalue weighted by atomic mass is 16.3. The van der Waals surface area contributed by atoms with Gasteiger partial charge in [0, 0.05) is 26.3 Å². The quantitative estimate of drug-likeness (QED) is 0.753. The molecule has 2 N–H and O–H groups in total. The summed E-state index contributed by atoms with van der Waals surface area (Å²) in [6, 6.07) is 9.83. The van der Waals surface area contributed by atoms with E-state index in [1.807, 2.05) is 39.2 Å². The van der Waals surface area contributed by atoms with Gasteiger partial charge in [0.1, 0.15) is 6.33 Å². The fourth-order valence-corrected chi connectivity index (χ4v) is 2.43. The Bertz CT molecular complexity index is 710. The van der Waals surface area contributed by atoms with E-state index in [9.17, 15) is 4.79 Å². The summed E-state index contributed by atoms with van der Waals surface area (Å²) in [4.78, 5) is 32.6. The molecule has 2 amide bonds. The Balaban J connectivity index is 0.00000114. The van der Waals surface area contributed by atoms with Crippen molar-refractivity contribution in [3.8, 4) is 0 Å². The lowest BCUT2D eigenvalue weighted by atomic mass is 10.1. The fraction of sp³-hybridized carbons (Fsp3) is 0.368. The van der Waals surface area contributed by atoms with Crippen LogP contribution in [0.2, 0.25) is 0 Å². The maximum atomic E-state index is 12.4. The molecule has 2 aromatic rings. The van der Waals surface area contributed by atoms with Crippen LogP contribution < -0.4 is 5.32 Å². The maximum absolute atomic E-state index is 12.4. The SMILES string of the molecule is CC(c1ccncn1)N(C)C(=O)NCc1cccc(CN(C)C)c1.O=CO. The molecule has 0 spiro atoms. The van der Waals surface area contributed by atoms with Crippen molar-refractivity contribution in [1.82, 2.24) is 25.1 Å². The summed E-state index contributed by atoms with van der Waals surface area (Å²) < 4.78 is 0. The summed E-state index contributed by atoms with van der Waals surface area (Å²) in [5.41, 5.74) is 3.14. The first-order valence-corrected chi connectivity index (χ1v) is 8.46. The minimum Gasteiger partial charge on any atom is -0.483 e. The van der Waals surface area contributed by atoms with Crippen molar-refractivity contribution in [2.75, 3.05) is 21.1 Å². The largest absolute Gasteiger partial charge is 0.483 e. The number of urea groups is 1. The minimum atomic E-state index is -0.250. The van der Waals surface area contributed by atoms with Crippen LogP contribution in [0.15, 0.2) is 42.9 Å². The summed E-state index contributed by atoms with van der Waals surface area (Å²) in [6.45, 7) is 3.08. The third-order valence-electron chi connectivity index (χ3n) is 3.87. The molecule has 1 atom stereocenters. The lowest BCUT2D eigenvalue weighted by Gasteiger charge is -2.24. The number of hydrogen-bond donors (Lipinski definition) is 2. The van der Waals surface area contributed by atoms with Crippen LogP contribution in [0.3, 0.4) is 0 Å². The van der Waals surface area contributed by atoms with Crippen molar-refractivity contribution >= 4 is 12.5 Å². The van der Waals surface area contributed by atoms with Crippen molar-refractivity contribution in [2.45, 2.75) is 26.1 Å². The zero-order valence-corrected chi connectivity index (χ0v) is 16.2. The second-order valence-corrected chi connectivity index (χ2v) is 6.24. The smallest absolute Gasteiger partial charge is 0.317 e. The van der Waals surface area contributed by atoms with Crippen LogP contribution in [0.25, 0.3) is 0 Å². The normalized spacial score (nSPS) is 11.1. The topological polar surface area (TPSA) is 98.7 Å². The van der Waals surface area contributed by atoms with Crippen LogP contribution in [-0.2, 0) is 17.9 Å². The Kier molecular flexibility index (Phi) is 9.46. The average molecular weight is 373 g/mol. The van der Waals surface area contributed by atoms with Crippen LogP contribution in [0.5, 0.6) is 0 Å². The van der Waals surface area contributed by atoms with E-state index < -0.39 is 0 Å². The van der Waals surface area contributed by atoms with Gasteiger partial charge in [-0.2, -0.15) is 0 Å². The van der Waals surface area contributed by atoms with E-state index in [0.717, 1.165) is 17.8 Å². The minimum absolute atomic E-state index is 0.118. The van der Waals surface area contributed by atoms with Gasteiger partial charge < -0.3 is 20.2 Å². The van der Waals surface area contributed by atoms with Gasteiger partial charge in [-0.1, -0.05) is 24.3 Å².